The summed E-state index contributed by atoms with van der Waals surface area (Å²) in [6, 6.07) is 7.06. The molecule has 1 aromatic rings. The minimum Gasteiger partial charge on any atom is -0.373 e. The van der Waals surface area contributed by atoms with Gasteiger partial charge in [0, 0.05) is 6.61 Å². The second-order valence-corrected chi connectivity index (χ2v) is 6.49. The van der Waals surface area contributed by atoms with Gasteiger partial charge < -0.3 is 10.1 Å². The maximum Gasteiger partial charge on any atom is 0.0876 e. The second-order valence-electron chi connectivity index (χ2n) is 6.49. The molecule has 0 aliphatic heterocycles. The third-order valence-electron chi connectivity index (χ3n) is 4.94. The molecule has 1 saturated carbocycles. The summed E-state index contributed by atoms with van der Waals surface area (Å²) in [5.74, 6) is 0. The fourth-order valence-corrected chi connectivity index (χ4v) is 3.90. The second kappa shape index (κ2) is 7.42. The van der Waals surface area contributed by atoms with E-state index in [0.717, 1.165) is 6.61 Å². The van der Waals surface area contributed by atoms with E-state index in [9.17, 15) is 0 Å². The number of hydrogen-bond donors (Lipinski definition) is 1. The van der Waals surface area contributed by atoms with Crippen LogP contribution in [-0.2, 0) is 4.74 Å². The molecule has 0 heterocycles. The molecule has 1 aromatic carbocycles. The molecular weight excluding hydrogens is 258 g/mol. The number of rotatable bonds is 5. The quantitative estimate of drug-likeness (QED) is 0.794. The summed E-state index contributed by atoms with van der Waals surface area (Å²) >= 11 is 0. The van der Waals surface area contributed by atoms with Gasteiger partial charge in [-0.25, -0.2) is 0 Å². The lowest BCUT2D eigenvalue weighted by molar-refractivity contribution is -0.0768. The Hall–Kier alpha value is -0.860. The van der Waals surface area contributed by atoms with Crippen molar-refractivity contribution < 1.29 is 4.74 Å². The molecule has 1 fully saturated rings. The number of likely N-dealkylation sites (N-methyl/N-ethyl adjacent to an activating group) is 1. The van der Waals surface area contributed by atoms with Gasteiger partial charge in [-0.05, 0) is 51.8 Å². The van der Waals surface area contributed by atoms with Gasteiger partial charge in [0.05, 0.1) is 11.6 Å². The summed E-state index contributed by atoms with van der Waals surface area (Å²) < 4.78 is 6.39. The Morgan fingerprint density at radius 3 is 2.38 bits per heavy atom. The Balaban J connectivity index is 2.41. The van der Waals surface area contributed by atoms with Crippen LogP contribution in [-0.4, -0.2) is 19.3 Å². The van der Waals surface area contributed by atoms with Crippen molar-refractivity contribution in [2.24, 2.45) is 0 Å². The lowest BCUT2D eigenvalue weighted by atomic mass is 9.80. The zero-order valence-corrected chi connectivity index (χ0v) is 14.2. The first-order valence-corrected chi connectivity index (χ1v) is 8.51. The zero-order valence-electron chi connectivity index (χ0n) is 14.2. The van der Waals surface area contributed by atoms with Crippen LogP contribution in [0, 0.1) is 13.8 Å². The Morgan fingerprint density at radius 1 is 1.14 bits per heavy atom. The van der Waals surface area contributed by atoms with Crippen LogP contribution in [0.5, 0.6) is 0 Å². The van der Waals surface area contributed by atoms with Crippen molar-refractivity contribution in [1.29, 1.82) is 0 Å². The van der Waals surface area contributed by atoms with Crippen LogP contribution in [0.2, 0.25) is 0 Å². The fraction of sp³-hybridized carbons (Fsp3) is 0.684. The van der Waals surface area contributed by atoms with Gasteiger partial charge in [-0.2, -0.15) is 0 Å². The van der Waals surface area contributed by atoms with Gasteiger partial charge >= 0.3 is 0 Å². The highest BCUT2D eigenvalue weighted by Crippen LogP contribution is 2.41. The van der Waals surface area contributed by atoms with Gasteiger partial charge in [0.2, 0.25) is 0 Å². The molecule has 1 atom stereocenters. The standard InChI is InChI=1S/C19H31NO/c1-5-21-19(12-8-6-7-9-13-19)18(20-4)17-14-15(2)10-11-16(17)3/h10-11,14,18,20H,5-9,12-13H2,1-4H3. The molecule has 1 unspecified atom stereocenters. The SMILES string of the molecule is CCOC1(C(NC)c2cc(C)ccc2C)CCCCCC1. The molecule has 2 rings (SSSR count). The van der Waals surface area contributed by atoms with E-state index in [-0.39, 0.29) is 11.6 Å². The lowest BCUT2D eigenvalue weighted by Gasteiger charge is -2.41. The van der Waals surface area contributed by atoms with Crippen LogP contribution < -0.4 is 5.32 Å². The largest absolute Gasteiger partial charge is 0.373 e. The number of ether oxygens (including phenoxy) is 1. The topological polar surface area (TPSA) is 21.3 Å². The molecule has 0 radical (unpaired) electrons. The van der Waals surface area contributed by atoms with Crippen molar-refractivity contribution in [2.75, 3.05) is 13.7 Å². The summed E-state index contributed by atoms with van der Waals surface area (Å²) in [6.45, 7) is 7.32. The first kappa shape index (κ1) is 16.5. The Bertz CT molecular complexity index is 447. The summed E-state index contributed by atoms with van der Waals surface area (Å²) in [5, 5.41) is 3.58. The van der Waals surface area contributed by atoms with E-state index in [2.05, 4.69) is 51.3 Å². The van der Waals surface area contributed by atoms with E-state index in [0.29, 0.717) is 0 Å². The van der Waals surface area contributed by atoms with Crippen LogP contribution in [0.25, 0.3) is 0 Å². The molecular formula is C19H31NO. The Kier molecular flexibility index (Phi) is 5.83. The van der Waals surface area contributed by atoms with Crippen LogP contribution in [0.3, 0.4) is 0 Å². The predicted molar refractivity (Wildman–Crippen MR) is 89.8 cm³/mol. The first-order chi connectivity index (χ1) is 10.1. The van der Waals surface area contributed by atoms with Crippen LogP contribution >= 0.6 is 0 Å². The Labute approximate surface area is 130 Å². The third kappa shape index (κ3) is 3.67. The van der Waals surface area contributed by atoms with Crippen molar-refractivity contribution in [1.82, 2.24) is 5.32 Å². The number of aryl methyl sites for hydroxylation is 2. The third-order valence-corrected chi connectivity index (χ3v) is 4.94. The average molecular weight is 289 g/mol. The smallest absolute Gasteiger partial charge is 0.0876 e. The molecule has 118 valence electrons. The van der Waals surface area contributed by atoms with Crippen molar-refractivity contribution in [3.05, 3.63) is 34.9 Å². The molecule has 1 aliphatic carbocycles. The normalized spacial score (nSPS) is 20.0. The molecule has 0 aromatic heterocycles. The molecule has 0 saturated heterocycles. The molecule has 0 amide bonds. The number of hydrogen-bond acceptors (Lipinski definition) is 2. The minimum absolute atomic E-state index is 0.0431. The van der Waals surface area contributed by atoms with Gasteiger partial charge in [-0.1, -0.05) is 49.4 Å². The van der Waals surface area contributed by atoms with E-state index in [1.165, 1.54) is 55.2 Å². The molecule has 2 nitrogen and oxygen atoms in total. The van der Waals surface area contributed by atoms with E-state index < -0.39 is 0 Å². The number of benzene rings is 1. The molecule has 1 aliphatic rings. The maximum absolute atomic E-state index is 6.39. The summed E-state index contributed by atoms with van der Waals surface area (Å²) in [6.07, 6.45) is 7.58. The van der Waals surface area contributed by atoms with Crippen molar-refractivity contribution in [3.8, 4) is 0 Å². The van der Waals surface area contributed by atoms with E-state index in [1.54, 1.807) is 0 Å². The summed E-state index contributed by atoms with van der Waals surface area (Å²) in [7, 11) is 2.08. The minimum atomic E-state index is -0.0431. The van der Waals surface area contributed by atoms with E-state index in [1.807, 2.05) is 0 Å². The highest BCUT2D eigenvalue weighted by Gasteiger charge is 2.40. The van der Waals surface area contributed by atoms with Gasteiger partial charge in [0.15, 0.2) is 0 Å². The first-order valence-electron chi connectivity index (χ1n) is 8.51. The number of nitrogens with one attached hydrogen (secondary N) is 1. The van der Waals surface area contributed by atoms with Crippen LogP contribution in [0.4, 0.5) is 0 Å². The van der Waals surface area contributed by atoms with Crippen LogP contribution in [0.15, 0.2) is 18.2 Å². The van der Waals surface area contributed by atoms with Crippen molar-refractivity contribution in [2.45, 2.75) is 70.9 Å². The van der Waals surface area contributed by atoms with E-state index >= 15 is 0 Å². The molecule has 2 heteroatoms. The van der Waals surface area contributed by atoms with Gasteiger partial charge in [-0.15, -0.1) is 0 Å². The van der Waals surface area contributed by atoms with Crippen molar-refractivity contribution in [3.63, 3.8) is 0 Å². The molecule has 0 spiro atoms. The Morgan fingerprint density at radius 2 is 1.81 bits per heavy atom. The monoisotopic (exact) mass is 289 g/mol. The predicted octanol–water partition coefficient (Wildman–Crippen LogP) is 4.69. The fourth-order valence-electron chi connectivity index (χ4n) is 3.90. The summed E-state index contributed by atoms with van der Waals surface area (Å²) in [4.78, 5) is 0. The van der Waals surface area contributed by atoms with Gasteiger partial charge in [-0.3, -0.25) is 0 Å². The highest BCUT2D eigenvalue weighted by atomic mass is 16.5. The van der Waals surface area contributed by atoms with Gasteiger partial charge in [0.1, 0.15) is 0 Å². The lowest BCUT2D eigenvalue weighted by Crippen LogP contribution is -2.45. The zero-order chi connectivity index (χ0) is 15.3. The van der Waals surface area contributed by atoms with Crippen molar-refractivity contribution >= 4 is 0 Å². The van der Waals surface area contributed by atoms with Gasteiger partial charge in [0.25, 0.3) is 0 Å². The molecule has 0 bridgehead atoms. The maximum atomic E-state index is 6.39. The van der Waals surface area contributed by atoms with E-state index in [4.69, 9.17) is 4.74 Å². The average Bonchev–Trinajstić information content (AvgIpc) is 2.70. The summed E-state index contributed by atoms with van der Waals surface area (Å²) in [5.41, 5.74) is 4.06. The molecule has 1 N–H and O–H groups in total. The highest BCUT2D eigenvalue weighted by molar-refractivity contribution is 5.35. The van der Waals surface area contributed by atoms with Crippen LogP contribution in [0.1, 0.15) is 68.2 Å². The molecule has 21 heavy (non-hydrogen) atoms.